The number of aromatic nitrogens is 1. The molecule has 2 heterocycles. The second kappa shape index (κ2) is 7.01. The zero-order valence-electron chi connectivity index (χ0n) is 13.4. The number of rotatable bonds is 5. The van der Waals surface area contributed by atoms with E-state index in [2.05, 4.69) is 43.3 Å². The van der Waals surface area contributed by atoms with Gasteiger partial charge in [0.15, 0.2) is 0 Å². The second-order valence-electron chi connectivity index (χ2n) is 6.37. The Hall–Kier alpha value is -0.450. The molecule has 20 heavy (non-hydrogen) atoms. The molecule has 1 N–H and O–H groups in total. The van der Waals surface area contributed by atoms with Crippen molar-refractivity contribution in [2.75, 3.05) is 19.6 Å². The zero-order valence-corrected chi connectivity index (χ0v) is 14.2. The van der Waals surface area contributed by atoms with Crippen molar-refractivity contribution in [2.45, 2.75) is 65.0 Å². The molecule has 1 fully saturated rings. The van der Waals surface area contributed by atoms with Gasteiger partial charge in [-0.15, -0.1) is 11.3 Å². The maximum Gasteiger partial charge on any atom is 0.113 e. The van der Waals surface area contributed by atoms with Crippen molar-refractivity contribution in [1.82, 2.24) is 15.2 Å². The van der Waals surface area contributed by atoms with Crippen molar-refractivity contribution >= 4 is 11.3 Å². The van der Waals surface area contributed by atoms with Crippen molar-refractivity contribution in [1.29, 1.82) is 0 Å². The summed E-state index contributed by atoms with van der Waals surface area (Å²) in [5.41, 5.74) is 1.25. The van der Waals surface area contributed by atoms with E-state index in [4.69, 9.17) is 4.98 Å². The highest BCUT2D eigenvalue weighted by Crippen LogP contribution is 2.35. The third kappa shape index (κ3) is 3.80. The molecule has 1 atom stereocenters. The standard InChI is InChI=1S/C16H29N3S/c1-5-9-19-10-6-7-16(8-11-19,18-13(2)3)15-17-14(4)12-20-15/h12-13,18H,5-11H2,1-4H3. The van der Waals surface area contributed by atoms with E-state index in [-0.39, 0.29) is 5.54 Å². The molecule has 1 aromatic rings. The molecule has 4 heteroatoms. The summed E-state index contributed by atoms with van der Waals surface area (Å²) in [6.07, 6.45) is 4.90. The van der Waals surface area contributed by atoms with Crippen LogP contribution >= 0.6 is 11.3 Å². The summed E-state index contributed by atoms with van der Waals surface area (Å²) in [5.74, 6) is 0. The van der Waals surface area contributed by atoms with Crippen LogP contribution in [0.3, 0.4) is 0 Å². The van der Waals surface area contributed by atoms with E-state index < -0.39 is 0 Å². The lowest BCUT2D eigenvalue weighted by Gasteiger charge is -2.34. The molecule has 1 aromatic heterocycles. The fourth-order valence-electron chi connectivity index (χ4n) is 3.28. The van der Waals surface area contributed by atoms with Crippen LogP contribution in [0.15, 0.2) is 5.38 Å². The molecule has 0 radical (unpaired) electrons. The topological polar surface area (TPSA) is 28.2 Å². The number of hydrogen-bond donors (Lipinski definition) is 1. The van der Waals surface area contributed by atoms with E-state index in [0.717, 1.165) is 5.69 Å². The number of nitrogens with one attached hydrogen (secondary N) is 1. The Kier molecular flexibility index (Phi) is 5.58. The van der Waals surface area contributed by atoms with Gasteiger partial charge < -0.3 is 10.2 Å². The van der Waals surface area contributed by atoms with E-state index >= 15 is 0 Å². The maximum absolute atomic E-state index is 4.81. The number of likely N-dealkylation sites (tertiary alicyclic amines) is 1. The van der Waals surface area contributed by atoms with E-state index in [1.54, 1.807) is 0 Å². The molecule has 0 aliphatic carbocycles. The van der Waals surface area contributed by atoms with Crippen LogP contribution < -0.4 is 5.32 Å². The Balaban J connectivity index is 2.19. The van der Waals surface area contributed by atoms with E-state index in [9.17, 15) is 0 Å². The average Bonchev–Trinajstić information content (AvgIpc) is 2.72. The highest BCUT2D eigenvalue weighted by atomic mass is 32.1. The van der Waals surface area contributed by atoms with Crippen LogP contribution in [0.1, 0.15) is 57.2 Å². The van der Waals surface area contributed by atoms with Gasteiger partial charge in [0, 0.05) is 23.7 Å². The first kappa shape index (κ1) is 15.9. The summed E-state index contributed by atoms with van der Waals surface area (Å²) in [6.45, 7) is 12.5. The van der Waals surface area contributed by atoms with E-state index in [0.29, 0.717) is 6.04 Å². The van der Waals surface area contributed by atoms with E-state index in [1.807, 2.05) is 11.3 Å². The number of thiazole rings is 1. The fourth-order valence-corrected chi connectivity index (χ4v) is 4.30. The van der Waals surface area contributed by atoms with Crippen LogP contribution in [0.2, 0.25) is 0 Å². The first-order valence-electron chi connectivity index (χ1n) is 7.98. The summed E-state index contributed by atoms with van der Waals surface area (Å²) in [7, 11) is 0. The smallest absolute Gasteiger partial charge is 0.113 e. The van der Waals surface area contributed by atoms with Gasteiger partial charge in [0.05, 0.1) is 5.54 Å². The summed E-state index contributed by atoms with van der Waals surface area (Å²) in [4.78, 5) is 7.43. The van der Waals surface area contributed by atoms with Gasteiger partial charge in [0.2, 0.25) is 0 Å². The highest BCUT2D eigenvalue weighted by molar-refractivity contribution is 7.09. The van der Waals surface area contributed by atoms with Crippen molar-refractivity contribution in [3.8, 4) is 0 Å². The SMILES string of the molecule is CCCN1CCCC(NC(C)C)(c2nc(C)cs2)CC1. The average molecular weight is 295 g/mol. The van der Waals surface area contributed by atoms with Gasteiger partial charge in [0.1, 0.15) is 5.01 Å². The molecule has 0 amide bonds. The Morgan fingerprint density at radius 2 is 2.20 bits per heavy atom. The van der Waals surface area contributed by atoms with Gasteiger partial charge in [-0.25, -0.2) is 4.98 Å². The Morgan fingerprint density at radius 3 is 2.80 bits per heavy atom. The predicted molar refractivity (Wildman–Crippen MR) is 87.4 cm³/mol. The Labute approximate surface area is 127 Å². The van der Waals surface area contributed by atoms with Gasteiger partial charge in [-0.05, 0) is 59.5 Å². The van der Waals surface area contributed by atoms with Gasteiger partial charge >= 0.3 is 0 Å². The van der Waals surface area contributed by atoms with Crippen LogP contribution in [-0.4, -0.2) is 35.6 Å². The van der Waals surface area contributed by atoms with Crippen LogP contribution in [0.4, 0.5) is 0 Å². The Morgan fingerprint density at radius 1 is 1.40 bits per heavy atom. The molecule has 114 valence electrons. The largest absolute Gasteiger partial charge is 0.303 e. The molecule has 3 nitrogen and oxygen atoms in total. The van der Waals surface area contributed by atoms with Crippen molar-refractivity contribution in [3.63, 3.8) is 0 Å². The molecule has 0 saturated carbocycles. The molecule has 1 saturated heterocycles. The normalized spacial score (nSPS) is 25.1. The van der Waals surface area contributed by atoms with Crippen molar-refractivity contribution in [3.05, 3.63) is 16.1 Å². The summed E-state index contributed by atoms with van der Waals surface area (Å²) in [6, 6.07) is 0.497. The third-order valence-electron chi connectivity index (χ3n) is 4.07. The van der Waals surface area contributed by atoms with Gasteiger partial charge in [-0.1, -0.05) is 6.92 Å². The minimum Gasteiger partial charge on any atom is -0.303 e. The molecule has 0 bridgehead atoms. The number of hydrogen-bond acceptors (Lipinski definition) is 4. The molecular weight excluding hydrogens is 266 g/mol. The third-order valence-corrected chi connectivity index (χ3v) is 5.23. The molecule has 1 aliphatic heterocycles. The van der Waals surface area contributed by atoms with Crippen LogP contribution in [0.25, 0.3) is 0 Å². The van der Waals surface area contributed by atoms with Gasteiger partial charge in [-0.2, -0.15) is 0 Å². The van der Waals surface area contributed by atoms with Crippen LogP contribution in [0.5, 0.6) is 0 Å². The second-order valence-corrected chi connectivity index (χ2v) is 7.23. The predicted octanol–water partition coefficient (Wildman–Crippen LogP) is 3.54. The molecule has 1 unspecified atom stereocenters. The van der Waals surface area contributed by atoms with Crippen molar-refractivity contribution in [2.24, 2.45) is 0 Å². The summed E-state index contributed by atoms with van der Waals surface area (Å²) in [5, 5.41) is 7.33. The highest BCUT2D eigenvalue weighted by Gasteiger charge is 2.37. The number of aryl methyl sites for hydroxylation is 1. The van der Waals surface area contributed by atoms with E-state index in [1.165, 1.54) is 50.3 Å². The van der Waals surface area contributed by atoms with Crippen molar-refractivity contribution < 1.29 is 0 Å². The molecule has 0 spiro atoms. The monoisotopic (exact) mass is 295 g/mol. The number of nitrogens with zero attached hydrogens (tertiary/aromatic N) is 2. The van der Waals surface area contributed by atoms with Crippen LogP contribution in [-0.2, 0) is 5.54 Å². The first-order valence-corrected chi connectivity index (χ1v) is 8.86. The van der Waals surface area contributed by atoms with Gasteiger partial charge in [0.25, 0.3) is 0 Å². The fraction of sp³-hybridized carbons (Fsp3) is 0.812. The molecule has 0 aromatic carbocycles. The quantitative estimate of drug-likeness (QED) is 0.900. The lowest BCUT2D eigenvalue weighted by Crippen LogP contribution is -2.46. The minimum absolute atomic E-state index is 0.0928. The first-order chi connectivity index (χ1) is 9.55. The lowest BCUT2D eigenvalue weighted by molar-refractivity contribution is 0.245. The zero-order chi connectivity index (χ0) is 14.6. The summed E-state index contributed by atoms with van der Waals surface area (Å²) >= 11 is 1.83. The van der Waals surface area contributed by atoms with Crippen LogP contribution in [0, 0.1) is 6.92 Å². The molecule has 1 aliphatic rings. The summed E-state index contributed by atoms with van der Waals surface area (Å²) < 4.78 is 0. The Bertz CT molecular complexity index is 416. The molecule has 2 rings (SSSR count). The maximum atomic E-state index is 4.81. The minimum atomic E-state index is 0.0928. The van der Waals surface area contributed by atoms with Gasteiger partial charge in [-0.3, -0.25) is 0 Å². The lowest BCUT2D eigenvalue weighted by atomic mass is 9.90. The molecular formula is C16H29N3S.